The van der Waals surface area contributed by atoms with E-state index < -0.39 is 5.97 Å². The van der Waals surface area contributed by atoms with Gasteiger partial charge in [0, 0.05) is 5.92 Å². The summed E-state index contributed by atoms with van der Waals surface area (Å²) < 4.78 is 0. The van der Waals surface area contributed by atoms with Crippen molar-refractivity contribution in [3.05, 3.63) is 11.8 Å². The molecule has 1 aliphatic rings. The van der Waals surface area contributed by atoms with Gasteiger partial charge in [-0.25, -0.2) is 4.79 Å². The second-order valence-electron chi connectivity index (χ2n) is 3.12. The molecule has 0 saturated heterocycles. The summed E-state index contributed by atoms with van der Waals surface area (Å²) in [6, 6.07) is 0. The molecule has 0 aromatic heterocycles. The van der Waals surface area contributed by atoms with Crippen molar-refractivity contribution in [3.63, 3.8) is 0 Å². The minimum absolute atomic E-state index is 0.0225. The average molecular weight is 183 g/mol. The summed E-state index contributed by atoms with van der Waals surface area (Å²) in [6.07, 6.45) is 4.21. The highest BCUT2D eigenvalue weighted by molar-refractivity contribution is 5.93. The van der Waals surface area contributed by atoms with E-state index in [1.807, 2.05) is 0 Å². The zero-order valence-electron chi connectivity index (χ0n) is 7.54. The molecule has 1 amide bonds. The lowest BCUT2D eigenvalue weighted by molar-refractivity contribution is -0.135. The van der Waals surface area contributed by atoms with E-state index in [0.717, 1.165) is 19.3 Å². The molecule has 2 N–H and O–H groups in total. The van der Waals surface area contributed by atoms with E-state index in [4.69, 9.17) is 5.11 Å². The summed E-state index contributed by atoms with van der Waals surface area (Å²) in [5.74, 6) is -1.23. The molecule has 13 heavy (non-hydrogen) atoms. The van der Waals surface area contributed by atoms with Gasteiger partial charge < -0.3 is 10.4 Å². The topological polar surface area (TPSA) is 66.4 Å². The van der Waals surface area contributed by atoms with Crippen molar-refractivity contribution in [1.29, 1.82) is 0 Å². The fraction of sp³-hybridized carbons (Fsp3) is 0.556. The fourth-order valence-corrected chi connectivity index (χ4v) is 1.15. The lowest BCUT2D eigenvalue weighted by Crippen LogP contribution is -2.35. The second kappa shape index (κ2) is 4.07. The molecular weight excluding hydrogens is 170 g/mol. The van der Waals surface area contributed by atoms with Crippen LogP contribution in [0.2, 0.25) is 0 Å². The molecule has 72 valence electrons. The van der Waals surface area contributed by atoms with Crippen LogP contribution in [0.15, 0.2) is 11.8 Å². The Bertz CT molecular complexity index is 254. The minimum Gasteiger partial charge on any atom is -0.477 e. The van der Waals surface area contributed by atoms with E-state index in [0.29, 0.717) is 0 Å². The van der Waals surface area contributed by atoms with Crippen LogP contribution < -0.4 is 5.32 Å². The number of nitrogens with one attached hydrogen (secondary N) is 1. The molecule has 0 bridgehead atoms. The van der Waals surface area contributed by atoms with E-state index in [2.05, 4.69) is 5.32 Å². The van der Waals surface area contributed by atoms with Gasteiger partial charge in [0.1, 0.15) is 5.70 Å². The van der Waals surface area contributed by atoms with Crippen LogP contribution >= 0.6 is 0 Å². The lowest BCUT2D eigenvalue weighted by atomic mass is 9.85. The van der Waals surface area contributed by atoms with Crippen molar-refractivity contribution >= 4 is 11.9 Å². The van der Waals surface area contributed by atoms with Gasteiger partial charge in [0.05, 0.1) is 0 Å². The van der Waals surface area contributed by atoms with Gasteiger partial charge >= 0.3 is 5.97 Å². The van der Waals surface area contributed by atoms with E-state index in [-0.39, 0.29) is 17.5 Å². The van der Waals surface area contributed by atoms with Crippen LogP contribution in [-0.2, 0) is 9.59 Å². The number of carboxylic acid groups (broad SMARTS) is 1. The quantitative estimate of drug-likeness (QED) is 0.638. The smallest absolute Gasteiger partial charge is 0.352 e. The summed E-state index contributed by atoms with van der Waals surface area (Å²) in [5.41, 5.74) is -0.0306. The lowest BCUT2D eigenvalue weighted by Gasteiger charge is -2.23. The van der Waals surface area contributed by atoms with E-state index in [1.54, 1.807) is 6.92 Å². The molecule has 1 fully saturated rings. The van der Waals surface area contributed by atoms with Gasteiger partial charge in [0.2, 0.25) is 5.91 Å². The van der Waals surface area contributed by atoms with Crippen molar-refractivity contribution in [2.24, 2.45) is 5.92 Å². The first-order chi connectivity index (χ1) is 6.15. The number of amides is 1. The van der Waals surface area contributed by atoms with Crippen molar-refractivity contribution in [2.45, 2.75) is 26.2 Å². The van der Waals surface area contributed by atoms with Crippen LogP contribution in [0.5, 0.6) is 0 Å². The molecule has 0 heterocycles. The molecule has 0 unspecified atom stereocenters. The summed E-state index contributed by atoms with van der Waals surface area (Å²) in [6.45, 7) is 1.59. The van der Waals surface area contributed by atoms with Crippen LogP contribution in [0.25, 0.3) is 0 Å². The Balaban J connectivity index is 2.46. The molecule has 0 atom stereocenters. The number of hydrogen-bond acceptors (Lipinski definition) is 2. The molecule has 4 heteroatoms. The van der Waals surface area contributed by atoms with Crippen LogP contribution in [0.3, 0.4) is 0 Å². The Morgan fingerprint density at radius 2 is 2.08 bits per heavy atom. The van der Waals surface area contributed by atoms with Gasteiger partial charge in [-0.1, -0.05) is 12.5 Å². The van der Waals surface area contributed by atoms with Crippen molar-refractivity contribution in [2.75, 3.05) is 0 Å². The normalized spacial score (nSPS) is 17.8. The molecule has 0 radical (unpaired) electrons. The van der Waals surface area contributed by atoms with Crippen LogP contribution in [0.1, 0.15) is 26.2 Å². The number of carboxylic acids is 1. The molecule has 1 saturated carbocycles. The van der Waals surface area contributed by atoms with Crippen LogP contribution in [-0.4, -0.2) is 17.0 Å². The van der Waals surface area contributed by atoms with Crippen LogP contribution in [0, 0.1) is 5.92 Å². The zero-order chi connectivity index (χ0) is 9.84. The largest absolute Gasteiger partial charge is 0.477 e. The first-order valence-electron chi connectivity index (χ1n) is 4.35. The molecule has 0 aromatic rings. The highest BCUT2D eigenvalue weighted by Gasteiger charge is 2.26. The Labute approximate surface area is 76.6 Å². The monoisotopic (exact) mass is 183 g/mol. The van der Waals surface area contributed by atoms with Crippen molar-refractivity contribution < 1.29 is 14.7 Å². The Kier molecular flexibility index (Phi) is 3.06. The van der Waals surface area contributed by atoms with Gasteiger partial charge in [-0.3, -0.25) is 4.79 Å². The molecule has 0 spiro atoms. The standard InChI is InChI=1S/C9H13NO3/c1-2-7(9(12)13)10-8(11)6-4-3-5-6/h2,6H,3-5H2,1H3,(H,10,11)(H,12,13)/b7-2+. The van der Waals surface area contributed by atoms with Crippen LogP contribution in [0.4, 0.5) is 0 Å². The fourth-order valence-electron chi connectivity index (χ4n) is 1.15. The first kappa shape index (κ1) is 9.77. The van der Waals surface area contributed by atoms with Crippen molar-refractivity contribution in [3.8, 4) is 0 Å². The van der Waals surface area contributed by atoms with E-state index >= 15 is 0 Å². The first-order valence-corrected chi connectivity index (χ1v) is 4.35. The molecule has 0 aromatic carbocycles. The molecule has 1 aliphatic carbocycles. The number of carbonyl (C=O) groups is 2. The number of carbonyl (C=O) groups excluding carboxylic acids is 1. The third kappa shape index (κ3) is 2.31. The minimum atomic E-state index is -1.09. The Morgan fingerprint density at radius 3 is 2.38 bits per heavy atom. The zero-order valence-corrected chi connectivity index (χ0v) is 7.54. The Morgan fingerprint density at radius 1 is 1.46 bits per heavy atom. The predicted octanol–water partition coefficient (Wildman–Crippen LogP) is 0.891. The van der Waals surface area contributed by atoms with Crippen molar-refractivity contribution in [1.82, 2.24) is 5.32 Å². The second-order valence-corrected chi connectivity index (χ2v) is 3.12. The number of rotatable bonds is 3. The molecular formula is C9H13NO3. The third-order valence-electron chi connectivity index (χ3n) is 2.25. The molecule has 4 nitrogen and oxygen atoms in total. The maximum atomic E-state index is 11.3. The van der Waals surface area contributed by atoms with Gasteiger partial charge in [-0.15, -0.1) is 0 Å². The Hall–Kier alpha value is -1.32. The van der Waals surface area contributed by atoms with Gasteiger partial charge in [0.25, 0.3) is 0 Å². The highest BCUT2D eigenvalue weighted by Crippen LogP contribution is 2.26. The average Bonchev–Trinajstić information content (AvgIpc) is 1.96. The molecule has 0 aliphatic heterocycles. The maximum Gasteiger partial charge on any atom is 0.352 e. The molecule has 1 rings (SSSR count). The SMILES string of the molecule is C/C=C(/NC(=O)C1CCC1)C(=O)O. The maximum absolute atomic E-state index is 11.3. The summed E-state index contributed by atoms with van der Waals surface area (Å²) in [4.78, 5) is 21.8. The van der Waals surface area contributed by atoms with E-state index in [9.17, 15) is 9.59 Å². The van der Waals surface area contributed by atoms with Gasteiger partial charge in [-0.05, 0) is 19.8 Å². The van der Waals surface area contributed by atoms with Gasteiger partial charge in [0.15, 0.2) is 0 Å². The van der Waals surface area contributed by atoms with Gasteiger partial charge in [-0.2, -0.15) is 0 Å². The summed E-state index contributed by atoms with van der Waals surface area (Å²) in [5, 5.41) is 11.0. The third-order valence-corrected chi connectivity index (χ3v) is 2.25. The highest BCUT2D eigenvalue weighted by atomic mass is 16.4. The number of aliphatic carboxylic acids is 1. The summed E-state index contributed by atoms with van der Waals surface area (Å²) >= 11 is 0. The van der Waals surface area contributed by atoms with E-state index in [1.165, 1.54) is 6.08 Å². The summed E-state index contributed by atoms with van der Waals surface area (Å²) in [7, 11) is 0. The predicted molar refractivity (Wildman–Crippen MR) is 46.9 cm³/mol. The number of allylic oxidation sites excluding steroid dienone is 1. The number of hydrogen-bond donors (Lipinski definition) is 2.